The molecule has 4 nitrogen and oxygen atoms in total. The minimum absolute atomic E-state index is 0.0217. The highest BCUT2D eigenvalue weighted by atomic mass is 35.5. The lowest BCUT2D eigenvalue weighted by atomic mass is 10.0. The van der Waals surface area contributed by atoms with Gasteiger partial charge in [0.1, 0.15) is 4.88 Å². The van der Waals surface area contributed by atoms with Crippen molar-refractivity contribution in [2.24, 2.45) is 0 Å². The van der Waals surface area contributed by atoms with Crippen molar-refractivity contribution in [1.29, 1.82) is 0 Å². The molecular weight excluding hydrogens is 473 g/mol. The van der Waals surface area contributed by atoms with Gasteiger partial charge >= 0.3 is 0 Å². The van der Waals surface area contributed by atoms with E-state index in [4.69, 9.17) is 23.2 Å². The number of sulfone groups is 1. The molecule has 1 fully saturated rings. The van der Waals surface area contributed by atoms with Gasteiger partial charge in [0.2, 0.25) is 0 Å². The second-order valence-corrected chi connectivity index (χ2v) is 12.3. The van der Waals surface area contributed by atoms with Crippen molar-refractivity contribution in [3.63, 3.8) is 0 Å². The zero-order valence-corrected chi connectivity index (χ0v) is 20.4. The molecule has 0 aliphatic carbocycles. The Bertz CT molecular complexity index is 1230. The normalized spacial score (nSPS) is 18.0. The molecule has 164 valence electrons. The second kappa shape index (κ2) is 8.74. The molecule has 0 unspecified atom stereocenters. The predicted octanol–water partition coefficient (Wildman–Crippen LogP) is 6.16. The van der Waals surface area contributed by atoms with E-state index in [1.165, 1.54) is 16.9 Å². The molecule has 2 heterocycles. The molecule has 0 bridgehead atoms. The summed E-state index contributed by atoms with van der Waals surface area (Å²) in [6, 6.07) is 13.2. The maximum atomic E-state index is 13.6. The predicted molar refractivity (Wildman–Crippen MR) is 129 cm³/mol. The number of hydrogen-bond donors (Lipinski definition) is 0. The molecule has 1 aliphatic rings. The van der Waals surface area contributed by atoms with Gasteiger partial charge in [-0.3, -0.25) is 4.79 Å². The van der Waals surface area contributed by atoms with Crippen molar-refractivity contribution in [2.75, 3.05) is 11.5 Å². The van der Waals surface area contributed by atoms with Crippen LogP contribution in [0.15, 0.2) is 42.5 Å². The fourth-order valence-electron chi connectivity index (χ4n) is 3.93. The Morgan fingerprint density at radius 3 is 2.45 bits per heavy atom. The third-order valence-corrected chi connectivity index (χ3v) is 9.41. The summed E-state index contributed by atoms with van der Waals surface area (Å²) in [5.74, 6) is 0.234. The van der Waals surface area contributed by atoms with E-state index in [2.05, 4.69) is 26.0 Å². The SMILES string of the molecule is CC(C)c1ccc(CN(C(=O)c2sc3cccc(Cl)c3c2Cl)[C@@H]2CCS(=O)(=O)C2)cc1. The van der Waals surface area contributed by atoms with Crippen molar-refractivity contribution in [2.45, 2.75) is 38.8 Å². The first-order valence-corrected chi connectivity index (χ1v) is 13.5. The van der Waals surface area contributed by atoms with Crippen LogP contribution in [0.5, 0.6) is 0 Å². The Balaban J connectivity index is 1.71. The van der Waals surface area contributed by atoms with Gasteiger partial charge in [0.25, 0.3) is 5.91 Å². The monoisotopic (exact) mass is 495 g/mol. The van der Waals surface area contributed by atoms with Crippen LogP contribution in [0.2, 0.25) is 10.0 Å². The minimum atomic E-state index is -3.15. The number of thiophene rings is 1. The topological polar surface area (TPSA) is 54.5 Å². The van der Waals surface area contributed by atoms with Crippen LogP contribution in [0.1, 0.15) is 47.0 Å². The maximum absolute atomic E-state index is 13.6. The summed E-state index contributed by atoms with van der Waals surface area (Å²) < 4.78 is 25.1. The van der Waals surface area contributed by atoms with Crippen LogP contribution in [-0.2, 0) is 16.4 Å². The first kappa shape index (κ1) is 22.6. The summed E-state index contributed by atoms with van der Waals surface area (Å²) in [7, 11) is -3.15. The third-order valence-electron chi connectivity index (χ3n) is 5.71. The zero-order valence-electron chi connectivity index (χ0n) is 17.3. The molecule has 0 saturated carbocycles. The van der Waals surface area contributed by atoms with Gasteiger partial charge in [-0.15, -0.1) is 11.3 Å². The molecule has 1 aliphatic heterocycles. The lowest BCUT2D eigenvalue weighted by Crippen LogP contribution is -2.40. The molecule has 0 spiro atoms. The van der Waals surface area contributed by atoms with E-state index < -0.39 is 9.84 Å². The standard InChI is InChI=1S/C23H23Cl2NO3S2/c1-14(2)16-8-6-15(7-9-16)12-26(17-10-11-31(28,29)13-17)23(27)22-21(25)20-18(24)4-3-5-19(20)30-22/h3-9,14,17H,10-13H2,1-2H3/t17-/m1/s1. The van der Waals surface area contributed by atoms with Gasteiger partial charge < -0.3 is 4.90 Å². The molecule has 0 radical (unpaired) electrons. The minimum Gasteiger partial charge on any atom is -0.330 e. The van der Waals surface area contributed by atoms with Crippen LogP contribution in [0.4, 0.5) is 0 Å². The Kier molecular flexibility index (Phi) is 6.37. The fourth-order valence-corrected chi connectivity index (χ4v) is 7.57. The second-order valence-electron chi connectivity index (χ2n) is 8.24. The molecule has 8 heteroatoms. The first-order chi connectivity index (χ1) is 14.7. The highest BCUT2D eigenvalue weighted by Gasteiger charge is 2.36. The smallest absolute Gasteiger partial charge is 0.266 e. The fraction of sp³-hybridized carbons (Fsp3) is 0.348. The van der Waals surface area contributed by atoms with Gasteiger partial charge in [0.05, 0.1) is 21.6 Å². The number of nitrogens with zero attached hydrogens (tertiary/aromatic N) is 1. The van der Waals surface area contributed by atoms with Gasteiger partial charge in [-0.25, -0.2) is 8.42 Å². The van der Waals surface area contributed by atoms with E-state index in [0.717, 1.165) is 10.3 Å². The van der Waals surface area contributed by atoms with E-state index in [-0.39, 0.29) is 23.5 Å². The lowest BCUT2D eigenvalue weighted by Gasteiger charge is -2.28. The van der Waals surface area contributed by atoms with E-state index >= 15 is 0 Å². The van der Waals surface area contributed by atoms with Gasteiger partial charge in [-0.1, -0.05) is 67.4 Å². The third kappa shape index (κ3) is 4.63. The summed E-state index contributed by atoms with van der Waals surface area (Å²) in [5, 5.41) is 1.49. The number of hydrogen-bond acceptors (Lipinski definition) is 4. The van der Waals surface area contributed by atoms with Crippen LogP contribution in [0.25, 0.3) is 10.1 Å². The Morgan fingerprint density at radius 1 is 1.16 bits per heavy atom. The number of amides is 1. The van der Waals surface area contributed by atoms with E-state index in [1.54, 1.807) is 11.0 Å². The number of fused-ring (bicyclic) bond motifs is 1. The van der Waals surface area contributed by atoms with E-state index in [9.17, 15) is 13.2 Å². The Morgan fingerprint density at radius 2 is 1.87 bits per heavy atom. The molecule has 1 atom stereocenters. The van der Waals surface area contributed by atoms with Crippen LogP contribution >= 0.6 is 34.5 Å². The Hall–Kier alpha value is -1.60. The maximum Gasteiger partial charge on any atom is 0.266 e. The average molecular weight is 496 g/mol. The molecule has 4 rings (SSSR count). The molecular formula is C23H23Cl2NO3S2. The van der Waals surface area contributed by atoms with Gasteiger partial charge in [0, 0.05) is 22.7 Å². The number of benzene rings is 2. The summed E-state index contributed by atoms with van der Waals surface area (Å²) in [6.07, 6.45) is 0.432. The first-order valence-electron chi connectivity index (χ1n) is 10.1. The molecule has 2 aromatic carbocycles. The molecule has 1 saturated heterocycles. The lowest BCUT2D eigenvalue weighted by molar-refractivity contribution is 0.0686. The largest absolute Gasteiger partial charge is 0.330 e. The molecule has 1 aromatic heterocycles. The van der Waals surface area contributed by atoms with Crippen molar-refractivity contribution in [3.05, 3.63) is 68.5 Å². The summed E-state index contributed by atoms with van der Waals surface area (Å²) >= 11 is 14.2. The number of carbonyl (C=O) groups excluding carboxylic acids is 1. The van der Waals surface area contributed by atoms with Crippen molar-refractivity contribution >= 4 is 60.4 Å². The number of halogens is 2. The van der Waals surface area contributed by atoms with Crippen LogP contribution < -0.4 is 0 Å². The molecule has 1 amide bonds. The summed E-state index contributed by atoms with van der Waals surface area (Å²) in [4.78, 5) is 15.7. The highest BCUT2D eigenvalue weighted by Crippen LogP contribution is 2.40. The van der Waals surface area contributed by atoms with E-state index in [0.29, 0.717) is 39.2 Å². The van der Waals surface area contributed by atoms with Crippen molar-refractivity contribution in [1.82, 2.24) is 4.90 Å². The summed E-state index contributed by atoms with van der Waals surface area (Å²) in [5.41, 5.74) is 2.17. The molecule has 31 heavy (non-hydrogen) atoms. The van der Waals surface area contributed by atoms with Gasteiger partial charge in [-0.05, 0) is 35.6 Å². The van der Waals surface area contributed by atoms with Crippen molar-refractivity contribution in [3.8, 4) is 0 Å². The molecule has 3 aromatic rings. The Labute approximate surface area is 196 Å². The van der Waals surface area contributed by atoms with E-state index in [1.807, 2.05) is 24.3 Å². The highest BCUT2D eigenvalue weighted by molar-refractivity contribution is 7.91. The quantitative estimate of drug-likeness (QED) is 0.425. The van der Waals surface area contributed by atoms with Crippen LogP contribution in [0, 0.1) is 0 Å². The van der Waals surface area contributed by atoms with Crippen LogP contribution in [-0.4, -0.2) is 36.8 Å². The molecule has 0 N–H and O–H groups in total. The van der Waals surface area contributed by atoms with Crippen LogP contribution in [0.3, 0.4) is 0 Å². The van der Waals surface area contributed by atoms with Gasteiger partial charge in [-0.2, -0.15) is 0 Å². The zero-order chi connectivity index (χ0) is 22.3. The number of rotatable bonds is 5. The van der Waals surface area contributed by atoms with Gasteiger partial charge in [0.15, 0.2) is 9.84 Å². The number of carbonyl (C=O) groups is 1. The summed E-state index contributed by atoms with van der Waals surface area (Å²) in [6.45, 7) is 4.58. The van der Waals surface area contributed by atoms with Crippen molar-refractivity contribution < 1.29 is 13.2 Å². The average Bonchev–Trinajstić information content (AvgIpc) is 3.26.